The number of benzene rings is 1. The third kappa shape index (κ3) is 3.05. The number of carbonyl (C=O) groups excluding carboxylic acids is 1. The van der Waals surface area contributed by atoms with Crippen LogP contribution in [0.15, 0.2) is 30.3 Å². The first-order valence-electron chi connectivity index (χ1n) is 7.26. The van der Waals surface area contributed by atoms with E-state index >= 15 is 0 Å². The number of hydrogen-bond donors (Lipinski definition) is 2. The van der Waals surface area contributed by atoms with E-state index in [-0.39, 0.29) is 11.8 Å². The summed E-state index contributed by atoms with van der Waals surface area (Å²) in [5.74, 6) is 0.152. The summed E-state index contributed by atoms with van der Waals surface area (Å²) in [5, 5.41) is 3.95. The number of nitrogens with zero attached hydrogens (tertiary/aromatic N) is 1. The maximum atomic E-state index is 12.7. The normalized spacial score (nSPS) is 14.2. The molecule has 3 N–H and O–H groups in total. The Morgan fingerprint density at radius 1 is 1.38 bits per heavy atom. The van der Waals surface area contributed by atoms with Crippen LogP contribution in [-0.2, 0) is 0 Å². The van der Waals surface area contributed by atoms with Crippen LogP contribution in [0.2, 0.25) is 0 Å². The van der Waals surface area contributed by atoms with E-state index in [2.05, 4.69) is 24.1 Å². The fraction of sp³-hybridized carbons (Fsp3) is 0.412. The van der Waals surface area contributed by atoms with Crippen molar-refractivity contribution in [2.45, 2.75) is 33.2 Å². The Hall–Kier alpha value is -1.94. The van der Waals surface area contributed by atoms with Crippen LogP contribution in [-0.4, -0.2) is 23.0 Å². The maximum absolute atomic E-state index is 12.7. The lowest BCUT2D eigenvalue weighted by Crippen LogP contribution is -2.55. The molecule has 2 aromatic rings. The molecule has 1 heterocycles. The summed E-state index contributed by atoms with van der Waals surface area (Å²) in [6.45, 7) is 8.39. The monoisotopic (exact) mass is 285 g/mol. The number of nitrogens with two attached hydrogens (primary N) is 1. The van der Waals surface area contributed by atoms with E-state index in [0.29, 0.717) is 12.1 Å². The second-order valence-electron chi connectivity index (χ2n) is 6.06. The molecule has 0 spiro atoms. The standard InChI is InChI=1S/C17H23N3O/c1-11(2)17(4,10-18)20-16(21)14-9-12(3)19-15-8-6-5-7-13(14)15/h5-9,11H,10,18H2,1-4H3,(H,20,21). The Labute approximate surface area is 125 Å². The predicted octanol–water partition coefficient (Wildman–Crippen LogP) is 2.65. The number of nitrogens with one attached hydrogen (secondary N) is 1. The van der Waals surface area contributed by atoms with Crippen molar-refractivity contribution in [2.24, 2.45) is 11.7 Å². The quantitative estimate of drug-likeness (QED) is 0.907. The number of pyridine rings is 1. The first kappa shape index (κ1) is 15.4. The average molecular weight is 285 g/mol. The van der Waals surface area contributed by atoms with E-state index in [0.717, 1.165) is 16.6 Å². The fourth-order valence-electron chi connectivity index (χ4n) is 2.25. The molecule has 0 aliphatic heterocycles. The Kier molecular flexibility index (Phi) is 4.28. The Balaban J connectivity index is 2.44. The summed E-state index contributed by atoms with van der Waals surface area (Å²) < 4.78 is 0. The van der Waals surface area contributed by atoms with Crippen LogP contribution in [0.25, 0.3) is 10.9 Å². The Morgan fingerprint density at radius 3 is 2.67 bits per heavy atom. The van der Waals surface area contributed by atoms with Crippen LogP contribution in [0, 0.1) is 12.8 Å². The van der Waals surface area contributed by atoms with Crippen molar-refractivity contribution in [2.75, 3.05) is 6.54 Å². The average Bonchev–Trinajstić information content (AvgIpc) is 2.45. The van der Waals surface area contributed by atoms with Crippen LogP contribution in [0.4, 0.5) is 0 Å². The molecular formula is C17H23N3O. The molecule has 0 radical (unpaired) electrons. The van der Waals surface area contributed by atoms with E-state index in [9.17, 15) is 4.79 Å². The number of para-hydroxylation sites is 1. The first-order valence-corrected chi connectivity index (χ1v) is 7.26. The van der Waals surface area contributed by atoms with Crippen LogP contribution < -0.4 is 11.1 Å². The van der Waals surface area contributed by atoms with Gasteiger partial charge < -0.3 is 11.1 Å². The highest BCUT2D eigenvalue weighted by Crippen LogP contribution is 2.21. The molecule has 1 aromatic carbocycles. The van der Waals surface area contributed by atoms with Crippen molar-refractivity contribution in [3.05, 3.63) is 41.6 Å². The SMILES string of the molecule is Cc1cc(C(=O)NC(C)(CN)C(C)C)c2ccccc2n1. The Morgan fingerprint density at radius 2 is 2.05 bits per heavy atom. The highest BCUT2D eigenvalue weighted by molar-refractivity contribution is 6.06. The molecule has 112 valence electrons. The summed E-state index contributed by atoms with van der Waals surface area (Å²) in [4.78, 5) is 17.2. The number of rotatable bonds is 4. The second-order valence-corrected chi connectivity index (χ2v) is 6.06. The molecule has 0 saturated heterocycles. The van der Waals surface area contributed by atoms with Crippen molar-refractivity contribution in [3.63, 3.8) is 0 Å². The molecule has 1 atom stereocenters. The molecule has 4 heteroatoms. The molecule has 0 aliphatic carbocycles. The number of aromatic nitrogens is 1. The van der Waals surface area contributed by atoms with Gasteiger partial charge in [-0.3, -0.25) is 9.78 Å². The minimum absolute atomic E-state index is 0.0987. The van der Waals surface area contributed by atoms with Gasteiger partial charge in [0.25, 0.3) is 5.91 Å². The van der Waals surface area contributed by atoms with Gasteiger partial charge in [-0.2, -0.15) is 0 Å². The summed E-state index contributed by atoms with van der Waals surface area (Å²) in [6, 6.07) is 9.51. The molecule has 0 saturated carbocycles. The lowest BCUT2D eigenvalue weighted by molar-refractivity contribution is 0.0885. The predicted molar refractivity (Wildman–Crippen MR) is 86.2 cm³/mol. The minimum Gasteiger partial charge on any atom is -0.345 e. The summed E-state index contributed by atoms with van der Waals surface area (Å²) >= 11 is 0. The van der Waals surface area contributed by atoms with Crippen molar-refractivity contribution >= 4 is 16.8 Å². The molecule has 4 nitrogen and oxygen atoms in total. The molecule has 0 fully saturated rings. The fourth-order valence-corrected chi connectivity index (χ4v) is 2.25. The summed E-state index contributed by atoms with van der Waals surface area (Å²) in [6.07, 6.45) is 0. The third-order valence-corrected chi connectivity index (χ3v) is 4.19. The van der Waals surface area contributed by atoms with Crippen LogP contribution in [0.5, 0.6) is 0 Å². The van der Waals surface area contributed by atoms with Gasteiger partial charge in [-0.05, 0) is 31.9 Å². The first-order chi connectivity index (χ1) is 9.87. The zero-order valence-corrected chi connectivity index (χ0v) is 13.1. The second kappa shape index (κ2) is 5.82. The van der Waals surface area contributed by atoms with Crippen LogP contribution in [0.3, 0.4) is 0 Å². The van der Waals surface area contributed by atoms with E-state index in [1.807, 2.05) is 44.2 Å². The van der Waals surface area contributed by atoms with Gasteiger partial charge in [0, 0.05) is 17.6 Å². The van der Waals surface area contributed by atoms with Gasteiger partial charge in [-0.25, -0.2) is 0 Å². The highest BCUT2D eigenvalue weighted by Gasteiger charge is 2.29. The third-order valence-electron chi connectivity index (χ3n) is 4.19. The van der Waals surface area contributed by atoms with Crippen molar-refractivity contribution in [3.8, 4) is 0 Å². The van der Waals surface area contributed by atoms with Gasteiger partial charge in [-0.1, -0.05) is 32.0 Å². The van der Waals surface area contributed by atoms with E-state index in [4.69, 9.17) is 5.73 Å². The molecule has 2 rings (SSSR count). The number of hydrogen-bond acceptors (Lipinski definition) is 3. The Bertz CT molecular complexity index is 666. The van der Waals surface area contributed by atoms with Crippen LogP contribution >= 0.6 is 0 Å². The van der Waals surface area contributed by atoms with Crippen molar-refractivity contribution < 1.29 is 4.79 Å². The molecule has 0 aliphatic rings. The van der Waals surface area contributed by atoms with Crippen molar-refractivity contribution in [1.29, 1.82) is 0 Å². The number of aryl methyl sites for hydroxylation is 1. The molecule has 21 heavy (non-hydrogen) atoms. The van der Waals surface area contributed by atoms with Gasteiger partial charge in [0.05, 0.1) is 16.6 Å². The molecule has 1 amide bonds. The minimum atomic E-state index is -0.421. The number of carbonyl (C=O) groups is 1. The lowest BCUT2D eigenvalue weighted by Gasteiger charge is -2.33. The van der Waals surface area contributed by atoms with E-state index in [1.54, 1.807) is 0 Å². The lowest BCUT2D eigenvalue weighted by atomic mass is 9.88. The molecule has 1 unspecified atom stereocenters. The number of amides is 1. The zero-order chi connectivity index (χ0) is 15.6. The molecule has 1 aromatic heterocycles. The largest absolute Gasteiger partial charge is 0.345 e. The zero-order valence-electron chi connectivity index (χ0n) is 13.1. The summed E-state index contributed by atoms with van der Waals surface area (Å²) in [5.41, 5.74) is 7.75. The van der Waals surface area contributed by atoms with Crippen molar-refractivity contribution in [1.82, 2.24) is 10.3 Å². The van der Waals surface area contributed by atoms with E-state index in [1.165, 1.54) is 0 Å². The smallest absolute Gasteiger partial charge is 0.252 e. The van der Waals surface area contributed by atoms with E-state index < -0.39 is 5.54 Å². The summed E-state index contributed by atoms with van der Waals surface area (Å²) in [7, 11) is 0. The molecule has 0 bridgehead atoms. The van der Waals surface area contributed by atoms with Gasteiger partial charge >= 0.3 is 0 Å². The number of fused-ring (bicyclic) bond motifs is 1. The van der Waals surface area contributed by atoms with Crippen LogP contribution in [0.1, 0.15) is 36.8 Å². The van der Waals surface area contributed by atoms with Gasteiger partial charge in [0.15, 0.2) is 0 Å². The van der Waals surface area contributed by atoms with Gasteiger partial charge in [-0.15, -0.1) is 0 Å². The van der Waals surface area contributed by atoms with Gasteiger partial charge in [0.1, 0.15) is 0 Å². The molecular weight excluding hydrogens is 262 g/mol. The maximum Gasteiger partial charge on any atom is 0.252 e. The van der Waals surface area contributed by atoms with Gasteiger partial charge in [0.2, 0.25) is 0 Å². The topological polar surface area (TPSA) is 68.0 Å². The highest BCUT2D eigenvalue weighted by atomic mass is 16.1.